The molecule has 0 saturated heterocycles. The number of nitrogens with zero attached hydrogens (tertiary/aromatic N) is 2. The van der Waals surface area contributed by atoms with E-state index in [1.807, 2.05) is 0 Å². The quantitative estimate of drug-likeness (QED) is 0.600. The third kappa shape index (κ3) is 5.37. The predicted molar refractivity (Wildman–Crippen MR) is 78.4 cm³/mol. The summed E-state index contributed by atoms with van der Waals surface area (Å²) in [5.74, 6) is 0. The van der Waals surface area contributed by atoms with Crippen molar-refractivity contribution in [2.45, 2.75) is 19.4 Å². The minimum absolute atomic E-state index is 0.0286. The van der Waals surface area contributed by atoms with Gasteiger partial charge in [-0.25, -0.2) is 13.1 Å². The van der Waals surface area contributed by atoms with Gasteiger partial charge in [0.1, 0.15) is 11.6 Å². The summed E-state index contributed by atoms with van der Waals surface area (Å²) in [5.41, 5.74) is -0.657. The molecule has 0 atom stereocenters. The minimum Gasteiger partial charge on any atom is -0.383 e. The summed E-state index contributed by atoms with van der Waals surface area (Å²) in [6.07, 6.45) is 1.06. The summed E-state index contributed by atoms with van der Waals surface area (Å²) >= 11 is 0. The Kier molecular flexibility index (Phi) is 4.88. The van der Waals surface area contributed by atoms with Gasteiger partial charge in [-0.2, -0.15) is 5.26 Å². The molecule has 21 heavy (non-hydrogen) atoms. The third-order valence-corrected chi connectivity index (χ3v) is 3.43. The largest absolute Gasteiger partial charge is 0.383 e. The van der Waals surface area contributed by atoms with E-state index in [2.05, 4.69) is 10.0 Å². The molecule has 0 fully saturated rings. The van der Waals surface area contributed by atoms with Gasteiger partial charge in [0.25, 0.3) is 5.69 Å². The van der Waals surface area contributed by atoms with Crippen molar-refractivity contribution in [3.63, 3.8) is 0 Å². The topological polar surface area (TPSA) is 125 Å². The van der Waals surface area contributed by atoms with Crippen molar-refractivity contribution in [2.24, 2.45) is 0 Å². The number of hydrogen-bond acceptors (Lipinski definition) is 6. The summed E-state index contributed by atoms with van der Waals surface area (Å²) < 4.78 is 24.9. The lowest BCUT2D eigenvalue weighted by molar-refractivity contribution is -0.385. The maximum atomic E-state index is 11.2. The number of sulfonamides is 1. The highest BCUT2D eigenvalue weighted by molar-refractivity contribution is 7.88. The van der Waals surface area contributed by atoms with E-state index in [-0.39, 0.29) is 17.8 Å². The zero-order chi connectivity index (χ0) is 16.3. The van der Waals surface area contributed by atoms with E-state index in [9.17, 15) is 18.5 Å². The number of nitrogens with one attached hydrogen (secondary N) is 2. The van der Waals surface area contributed by atoms with Crippen molar-refractivity contribution in [1.29, 1.82) is 5.26 Å². The average molecular weight is 312 g/mol. The molecule has 8 nitrogen and oxygen atoms in total. The Morgan fingerprint density at radius 2 is 2.05 bits per heavy atom. The molecule has 1 aromatic carbocycles. The van der Waals surface area contributed by atoms with Crippen LogP contribution in [0, 0.1) is 21.4 Å². The van der Waals surface area contributed by atoms with Gasteiger partial charge in [-0.1, -0.05) is 0 Å². The fraction of sp³-hybridized carbons (Fsp3) is 0.417. The standard InChI is InChI=1S/C12H16N4O4S/c1-12(2,15-21(3,19)20)8-14-10-5-4-9(7-13)11(6-10)16(17)18/h4-6,14-15H,8H2,1-3H3. The highest BCUT2D eigenvalue weighted by Gasteiger charge is 2.22. The van der Waals surface area contributed by atoms with Crippen LogP contribution in [-0.4, -0.2) is 31.7 Å². The molecule has 0 bridgehead atoms. The normalized spacial score (nSPS) is 11.7. The summed E-state index contributed by atoms with van der Waals surface area (Å²) in [6, 6.07) is 5.87. The summed E-state index contributed by atoms with van der Waals surface area (Å²) in [7, 11) is -3.36. The Labute approximate surface area is 123 Å². The Morgan fingerprint density at radius 3 is 2.52 bits per heavy atom. The second kappa shape index (κ2) is 6.07. The maximum absolute atomic E-state index is 11.2. The molecule has 1 rings (SSSR count). The van der Waals surface area contributed by atoms with Crippen LogP contribution in [0.15, 0.2) is 18.2 Å². The van der Waals surface area contributed by atoms with Crippen LogP contribution in [0.3, 0.4) is 0 Å². The number of nitro benzene ring substituents is 1. The molecule has 0 radical (unpaired) electrons. The van der Waals surface area contributed by atoms with Gasteiger partial charge in [-0.05, 0) is 26.0 Å². The molecular formula is C12H16N4O4S. The van der Waals surface area contributed by atoms with Crippen molar-refractivity contribution in [3.05, 3.63) is 33.9 Å². The van der Waals surface area contributed by atoms with Crippen molar-refractivity contribution in [2.75, 3.05) is 18.1 Å². The van der Waals surface area contributed by atoms with Gasteiger partial charge in [0, 0.05) is 23.8 Å². The summed E-state index contributed by atoms with van der Waals surface area (Å²) in [6.45, 7) is 3.58. The number of nitro groups is 1. The fourth-order valence-corrected chi connectivity index (χ4v) is 2.82. The first-order valence-electron chi connectivity index (χ1n) is 5.95. The molecule has 0 aliphatic rings. The second-order valence-electron chi connectivity index (χ2n) is 5.21. The number of hydrogen-bond donors (Lipinski definition) is 2. The molecular weight excluding hydrogens is 296 g/mol. The first-order valence-corrected chi connectivity index (χ1v) is 7.84. The highest BCUT2D eigenvalue weighted by Crippen LogP contribution is 2.22. The Bertz CT molecular complexity index is 692. The predicted octanol–water partition coefficient (Wildman–Crippen LogP) is 1.21. The molecule has 9 heteroatoms. The van der Waals surface area contributed by atoms with Crippen LogP contribution in [0.2, 0.25) is 0 Å². The number of anilines is 1. The monoisotopic (exact) mass is 312 g/mol. The lowest BCUT2D eigenvalue weighted by Crippen LogP contribution is -2.47. The van der Waals surface area contributed by atoms with Gasteiger partial charge < -0.3 is 5.32 Å². The van der Waals surface area contributed by atoms with E-state index in [0.717, 1.165) is 6.26 Å². The molecule has 0 saturated carbocycles. The smallest absolute Gasteiger partial charge is 0.289 e. The van der Waals surface area contributed by atoms with E-state index < -0.39 is 20.5 Å². The van der Waals surface area contributed by atoms with Gasteiger partial charge in [-0.15, -0.1) is 0 Å². The summed E-state index contributed by atoms with van der Waals surface area (Å²) in [5, 5.41) is 22.6. The highest BCUT2D eigenvalue weighted by atomic mass is 32.2. The number of benzene rings is 1. The zero-order valence-electron chi connectivity index (χ0n) is 11.9. The molecule has 0 spiro atoms. The number of rotatable bonds is 6. The molecule has 114 valence electrons. The van der Waals surface area contributed by atoms with Gasteiger partial charge in [-0.3, -0.25) is 10.1 Å². The van der Waals surface area contributed by atoms with E-state index in [1.165, 1.54) is 18.2 Å². The molecule has 0 amide bonds. The van der Waals surface area contributed by atoms with E-state index in [0.29, 0.717) is 5.69 Å². The Balaban J connectivity index is 2.88. The van der Waals surface area contributed by atoms with Crippen LogP contribution >= 0.6 is 0 Å². The van der Waals surface area contributed by atoms with E-state index in [4.69, 9.17) is 5.26 Å². The van der Waals surface area contributed by atoms with Crippen LogP contribution in [0.4, 0.5) is 11.4 Å². The van der Waals surface area contributed by atoms with Crippen LogP contribution in [0.25, 0.3) is 0 Å². The molecule has 0 unspecified atom stereocenters. The Hall–Kier alpha value is -2.18. The molecule has 0 aliphatic carbocycles. The van der Waals surface area contributed by atoms with Gasteiger partial charge in [0.2, 0.25) is 10.0 Å². The minimum atomic E-state index is -3.36. The molecule has 0 aliphatic heterocycles. The first kappa shape index (κ1) is 16.9. The average Bonchev–Trinajstić information content (AvgIpc) is 2.33. The van der Waals surface area contributed by atoms with Crippen molar-refractivity contribution >= 4 is 21.4 Å². The van der Waals surface area contributed by atoms with Crippen LogP contribution in [0.5, 0.6) is 0 Å². The van der Waals surface area contributed by atoms with Crippen molar-refractivity contribution in [1.82, 2.24) is 4.72 Å². The SMILES string of the molecule is CC(C)(CNc1ccc(C#N)c([N+](=O)[O-])c1)NS(C)(=O)=O. The van der Waals surface area contributed by atoms with Gasteiger partial charge in [0.15, 0.2) is 0 Å². The van der Waals surface area contributed by atoms with Gasteiger partial charge >= 0.3 is 0 Å². The molecule has 2 N–H and O–H groups in total. The lowest BCUT2D eigenvalue weighted by atomic mass is 10.1. The van der Waals surface area contributed by atoms with Gasteiger partial charge in [0.05, 0.1) is 11.2 Å². The Morgan fingerprint density at radius 1 is 1.43 bits per heavy atom. The van der Waals surface area contributed by atoms with E-state index >= 15 is 0 Å². The lowest BCUT2D eigenvalue weighted by Gasteiger charge is -2.25. The van der Waals surface area contributed by atoms with E-state index in [1.54, 1.807) is 19.9 Å². The zero-order valence-corrected chi connectivity index (χ0v) is 12.7. The third-order valence-electron chi connectivity index (χ3n) is 2.51. The maximum Gasteiger partial charge on any atom is 0.289 e. The second-order valence-corrected chi connectivity index (χ2v) is 6.96. The van der Waals surface area contributed by atoms with Crippen LogP contribution in [-0.2, 0) is 10.0 Å². The molecule has 0 aromatic heterocycles. The summed E-state index contributed by atoms with van der Waals surface area (Å²) in [4.78, 5) is 10.2. The van der Waals surface area contributed by atoms with Crippen LogP contribution in [0.1, 0.15) is 19.4 Å². The fourth-order valence-electron chi connectivity index (χ4n) is 1.75. The molecule has 0 heterocycles. The number of nitriles is 1. The van der Waals surface area contributed by atoms with Crippen LogP contribution < -0.4 is 10.0 Å². The first-order chi connectivity index (χ1) is 9.54. The molecule has 1 aromatic rings. The van der Waals surface area contributed by atoms with Crippen molar-refractivity contribution in [3.8, 4) is 6.07 Å². The van der Waals surface area contributed by atoms with Crippen molar-refractivity contribution < 1.29 is 13.3 Å².